The Morgan fingerprint density at radius 3 is 2.42 bits per heavy atom. The highest BCUT2D eigenvalue weighted by Gasteiger charge is 2.34. The Kier molecular flexibility index (Phi) is 6.20. The first-order valence-corrected chi connectivity index (χ1v) is 10.2. The van der Waals surface area contributed by atoms with Crippen LogP contribution in [0.5, 0.6) is 0 Å². The predicted octanol–water partition coefficient (Wildman–Crippen LogP) is 6.19. The number of halogens is 1. The molecule has 0 aromatic heterocycles. The lowest BCUT2D eigenvalue weighted by atomic mass is 9.89. The van der Waals surface area contributed by atoms with Crippen LogP contribution in [0.4, 0.5) is 5.69 Å². The number of hydrogen-bond acceptors (Lipinski definition) is 1. The van der Waals surface area contributed by atoms with Gasteiger partial charge in [0.2, 0.25) is 0 Å². The van der Waals surface area contributed by atoms with Crippen LogP contribution in [0.25, 0.3) is 0 Å². The number of hydrogen-bond donors (Lipinski definition) is 2. The van der Waals surface area contributed by atoms with Gasteiger partial charge in [-0.15, -0.1) is 0 Å². The van der Waals surface area contributed by atoms with Gasteiger partial charge in [-0.3, -0.25) is 0 Å². The van der Waals surface area contributed by atoms with Crippen molar-refractivity contribution in [3.8, 4) is 0 Å². The van der Waals surface area contributed by atoms with Gasteiger partial charge in [0.25, 0.3) is 0 Å². The van der Waals surface area contributed by atoms with Crippen LogP contribution in [-0.4, -0.2) is 10.7 Å². The second-order valence-electron chi connectivity index (χ2n) is 7.51. The number of anilines is 1. The molecule has 1 aliphatic carbocycles. The average Bonchev–Trinajstić information content (AvgIpc) is 3.05. The summed E-state index contributed by atoms with van der Waals surface area (Å²) in [5.74, 6) is 0. The van der Waals surface area contributed by atoms with Gasteiger partial charge in [-0.1, -0.05) is 54.3 Å². The largest absolute Gasteiger partial charge is 0.357 e. The zero-order valence-electron chi connectivity index (χ0n) is 15.6. The van der Waals surface area contributed by atoms with Crippen molar-refractivity contribution < 1.29 is 0 Å². The van der Waals surface area contributed by atoms with Gasteiger partial charge in [0.15, 0.2) is 5.11 Å². The van der Waals surface area contributed by atoms with Gasteiger partial charge in [0.1, 0.15) is 0 Å². The van der Waals surface area contributed by atoms with Gasteiger partial charge in [-0.25, -0.2) is 0 Å². The summed E-state index contributed by atoms with van der Waals surface area (Å²) < 4.78 is 0. The standard InChI is InChI=1S/C22H27ClN2S/c1-16-5-10-20(17(2)15-16)24-21(26)25-22(12-3-4-13-22)14-11-18-6-8-19(23)9-7-18/h5-10,15H,3-4,11-14H2,1-2H3,(H2,24,25,26). The molecule has 3 rings (SSSR count). The Morgan fingerprint density at radius 1 is 1.08 bits per heavy atom. The number of benzene rings is 2. The molecule has 0 unspecified atom stereocenters. The number of rotatable bonds is 5. The van der Waals surface area contributed by atoms with Crippen molar-refractivity contribution in [2.24, 2.45) is 0 Å². The zero-order valence-corrected chi connectivity index (χ0v) is 17.1. The fourth-order valence-corrected chi connectivity index (χ4v) is 4.32. The Labute approximate surface area is 167 Å². The van der Waals surface area contributed by atoms with Crippen LogP contribution in [0.2, 0.25) is 5.02 Å². The topological polar surface area (TPSA) is 24.1 Å². The molecular weight excluding hydrogens is 360 g/mol. The number of nitrogens with one attached hydrogen (secondary N) is 2. The molecule has 2 aromatic rings. The minimum Gasteiger partial charge on any atom is -0.357 e. The normalized spacial score (nSPS) is 15.7. The van der Waals surface area contributed by atoms with Crippen LogP contribution in [0, 0.1) is 13.8 Å². The highest BCUT2D eigenvalue weighted by molar-refractivity contribution is 7.80. The first-order valence-electron chi connectivity index (χ1n) is 9.37. The summed E-state index contributed by atoms with van der Waals surface area (Å²) in [6.45, 7) is 4.22. The van der Waals surface area contributed by atoms with Crippen LogP contribution in [-0.2, 0) is 6.42 Å². The Bertz CT molecular complexity index is 764. The van der Waals surface area contributed by atoms with Crippen molar-refractivity contribution in [3.05, 3.63) is 64.2 Å². The van der Waals surface area contributed by atoms with E-state index in [1.54, 1.807) is 0 Å². The molecule has 2 aromatic carbocycles. The smallest absolute Gasteiger partial charge is 0.171 e. The molecule has 1 aliphatic rings. The highest BCUT2D eigenvalue weighted by Crippen LogP contribution is 2.34. The fourth-order valence-electron chi connectivity index (χ4n) is 3.87. The molecule has 26 heavy (non-hydrogen) atoms. The molecule has 1 saturated carbocycles. The minimum atomic E-state index is 0.0995. The molecular formula is C22H27ClN2S. The maximum Gasteiger partial charge on any atom is 0.171 e. The third-order valence-corrected chi connectivity index (χ3v) is 5.83. The molecule has 0 aliphatic heterocycles. The third-order valence-electron chi connectivity index (χ3n) is 5.37. The van der Waals surface area contributed by atoms with Crippen LogP contribution < -0.4 is 10.6 Å². The molecule has 0 bridgehead atoms. The third kappa shape index (κ3) is 4.99. The van der Waals surface area contributed by atoms with E-state index in [2.05, 4.69) is 54.8 Å². The van der Waals surface area contributed by atoms with Gasteiger partial charge >= 0.3 is 0 Å². The molecule has 0 saturated heterocycles. The first-order chi connectivity index (χ1) is 12.5. The molecule has 4 heteroatoms. The Hall–Kier alpha value is -1.58. The number of thiocarbonyl (C=S) groups is 1. The van der Waals surface area contributed by atoms with E-state index in [1.807, 2.05) is 12.1 Å². The van der Waals surface area contributed by atoms with Gasteiger partial charge in [0, 0.05) is 16.2 Å². The molecule has 0 heterocycles. The molecule has 2 nitrogen and oxygen atoms in total. The summed E-state index contributed by atoms with van der Waals surface area (Å²) in [5, 5.41) is 8.58. The Balaban J connectivity index is 1.63. The van der Waals surface area contributed by atoms with Crippen LogP contribution in [0.1, 0.15) is 48.8 Å². The lowest BCUT2D eigenvalue weighted by Gasteiger charge is -2.32. The molecule has 138 valence electrons. The quantitative estimate of drug-likeness (QED) is 0.599. The van der Waals surface area contributed by atoms with Gasteiger partial charge in [-0.2, -0.15) is 0 Å². The predicted molar refractivity (Wildman–Crippen MR) is 116 cm³/mol. The van der Waals surface area contributed by atoms with Gasteiger partial charge in [0.05, 0.1) is 0 Å². The van der Waals surface area contributed by atoms with Crippen LogP contribution in [0.15, 0.2) is 42.5 Å². The summed E-state index contributed by atoms with van der Waals surface area (Å²) in [6, 6.07) is 14.6. The van der Waals surface area contributed by atoms with Crippen molar-refractivity contribution >= 4 is 34.6 Å². The fraction of sp³-hybridized carbons (Fsp3) is 0.409. The van der Waals surface area contributed by atoms with Crippen LogP contribution >= 0.6 is 23.8 Å². The van der Waals surface area contributed by atoms with Crippen molar-refractivity contribution in [1.29, 1.82) is 0 Å². The summed E-state index contributed by atoms with van der Waals surface area (Å²) in [7, 11) is 0. The number of aryl methyl sites for hydroxylation is 3. The van der Waals surface area contributed by atoms with E-state index in [-0.39, 0.29) is 5.54 Å². The first kappa shape index (κ1) is 19.2. The summed E-state index contributed by atoms with van der Waals surface area (Å²) in [6.07, 6.45) is 7.00. The van der Waals surface area contributed by atoms with E-state index in [4.69, 9.17) is 23.8 Å². The molecule has 0 atom stereocenters. The zero-order chi connectivity index (χ0) is 18.6. The van der Waals surface area contributed by atoms with E-state index in [9.17, 15) is 0 Å². The second kappa shape index (κ2) is 8.41. The van der Waals surface area contributed by atoms with Gasteiger partial charge < -0.3 is 10.6 Å². The van der Waals surface area contributed by atoms with Crippen molar-refractivity contribution in [2.75, 3.05) is 5.32 Å². The summed E-state index contributed by atoms with van der Waals surface area (Å²) in [4.78, 5) is 0. The molecule has 0 spiro atoms. The van der Waals surface area contributed by atoms with Crippen LogP contribution in [0.3, 0.4) is 0 Å². The second-order valence-corrected chi connectivity index (χ2v) is 8.36. The monoisotopic (exact) mass is 386 g/mol. The van der Waals surface area contributed by atoms with Crippen molar-refractivity contribution in [2.45, 2.75) is 57.9 Å². The van der Waals surface area contributed by atoms with Crippen molar-refractivity contribution in [1.82, 2.24) is 5.32 Å². The molecule has 1 fully saturated rings. The Morgan fingerprint density at radius 2 is 1.77 bits per heavy atom. The summed E-state index contributed by atoms with van der Waals surface area (Å²) in [5.41, 5.74) is 5.00. The highest BCUT2D eigenvalue weighted by atomic mass is 35.5. The average molecular weight is 387 g/mol. The van der Waals surface area contributed by atoms with E-state index >= 15 is 0 Å². The van der Waals surface area contributed by atoms with E-state index in [0.717, 1.165) is 28.7 Å². The lowest BCUT2D eigenvalue weighted by molar-refractivity contribution is 0.362. The van der Waals surface area contributed by atoms with Gasteiger partial charge in [-0.05, 0) is 81.1 Å². The van der Waals surface area contributed by atoms with E-state index < -0.39 is 0 Å². The molecule has 2 N–H and O–H groups in total. The maximum atomic E-state index is 6.00. The minimum absolute atomic E-state index is 0.0995. The summed E-state index contributed by atoms with van der Waals surface area (Å²) >= 11 is 11.6. The van der Waals surface area contributed by atoms with E-state index in [1.165, 1.54) is 42.4 Å². The SMILES string of the molecule is Cc1ccc(NC(=S)NC2(CCc3ccc(Cl)cc3)CCCC2)c(C)c1. The molecule has 0 radical (unpaired) electrons. The maximum absolute atomic E-state index is 6.00. The lowest BCUT2D eigenvalue weighted by Crippen LogP contribution is -2.48. The van der Waals surface area contributed by atoms with Crippen molar-refractivity contribution in [3.63, 3.8) is 0 Å². The molecule has 0 amide bonds. The van der Waals surface area contributed by atoms with E-state index in [0.29, 0.717) is 0 Å².